The number of rotatable bonds is 5. The first-order chi connectivity index (χ1) is 11.5. The molecule has 1 heterocycles. The summed E-state index contributed by atoms with van der Waals surface area (Å²) < 4.78 is 29.6. The summed E-state index contributed by atoms with van der Waals surface area (Å²) in [5.74, 6) is -0.183. The molecule has 1 amide bonds. The van der Waals surface area contributed by atoms with Crippen LogP contribution in [0.2, 0.25) is 0 Å². The van der Waals surface area contributed by atoms with Gasteiger partial charge in [-0.25, -0.2) is 0 Å². The van der Waals surface area contributed by atoms with Gasteiger partial charge in [0, 0.05) is 19.1 Å². The Morgan fingerprint density at radius 2 is 2.04 bits per heavy atom. The van der Waals surface area contributed by atoms with Gasteiger partial charge in [-0.1, -0.05) is 12.1 Å². The first kappa shape index (κ1) is 17.0. The quantitative estimate of drug-likeness (QED) is 0.863. The van der Waals surface area contributed by atoms with Gasteiger partial charge in [-0.05, 0) is 44.2 Å². The maximum atomic E-state index is 12.5. The van der Waals surface area contributed by atoms with Crippen LogP contribution in [-0.4, -0.2) is 42.4 Å². The second-order valence-electron chi connectivity index (χ2n) is 6.49. The third-order valence-electron chi connectivity index (χ3n) is 4.80. The number of carbonyl (C=O) groups is 1. The molecule has 1 aromatic rings. The van der Waals surface area contributed by atoms with E-state index in [0.717, 1.165) is 12.8 Å². The first-order valence-corrected chi connectivity index (χ1v) is 8.30. The lowest BCUT2D eigenvalue weighted by atomic mass is 10.0. The van der Waals surface area contributed by atoms with Gasteiger partial charge in [0.1, 0.15) is 11.4 Å². The van der Waals surface area contributed by atoms with E-state index in [2.05, 4.69) is 10.1 Å². The minimum atomic E-state index is -2.87. The van der Waals surface area contributed by atoms with Gasteiger partial charge in [0.15, 0.2) is 0 Å². The molecule has 1 atom stereocenters. The fourth-order valence-electron chi connectivity index (χ4n) is 3.52. The molecule has 1 aliphatic heterocycles. The van der Waals surface area contributed by atoms with Crippen molar-refractivity contribution in [3.05, 3.63) is 24.3 Å². The van der Waals surface area contributed by atoms with Crippen LogP contribution in [-0.2, 0) is 4.79 Å². The SMILES string of the molecule is O=C(NC1CCN(c2ccccc2OC(F)F)C1)C1(O)CCCC1. The number of anilines is 1. The Bertz CT molecular complexity index is 591. The van der Waals surface area contributed by atoms with Crippen LogP contribution in [0.3, 0.4) is 0 Å². The molecule has 1 saturated carbocycles. The van der Waals surface area contributed by atoms with Crippen molar-refractivity contribution < 1.29 is 23.4 Å². The van der Waals surface area contributed by atoms with Crippen LogP contribution in [0.5, 0.6) is 5.75 Å². The highest BCUT2D eigenvalue weighted by atomic mass is 19.3. The Hall–Kier alpha value is -1.89. The molecule has 2 aliphatic rings. The highest BCUT2D eigenvalue weighted by Gasteiger charge is 2.40. The Morgan fingerprint density at radius 3 is 2.75 bits per heavy atom. The minimum absolute atomic E-state index is 0.110. The Kier molecular flexibility index (Phi) is 4.89. The molecule has 5 nitrogen and oxygen atoms in total. The van der Waals surface area contributed by atoms with E-state index in [1.807, 2.05) is 4.90 Å². The molecule has 24 heavy (non-hydrogen) atoms. The molecule has 0 aromatic heterocycles. The summed E-state index contributed by atoms with van der Waals surface area (Å²) in [6.45, 7) is -1.74. The second-order valence-corrected chi connectivity index (χ2v) is 6.49. The van der Waals surface area contributed by atoms with Crippen molar-refractivity contribution in [2.75, 3.05) is 18.0 Å². The van der Waals surface area contributed by atoms with Gasteiger partial charge in [0.2, 0.25) is 0 Å². The Balaban J connectivity index is 1.62. The number of nitrogens with one attached hydrogen (secondary N) is 1. The van der Waals surface area contributed by atoms with Crippen molar-refractivity contribution in [3.63, 3.8) is 0 Å². The maximum Gasteiger partial charge on any atom is 0.387 e. The first-order valence-electron chi connectivity index (χ1n) is 8.30. The molecular weight excluding hydrogens is 318 g/mol. The summed E-state index contributed by atoms with van der Waals surface area (Å²) in [4.78, 5) is 14.2. The van der Waals surface area contributed by atoms with E-state index in [9.17, 15) is 18.7 Å². The molecule has 0 bridgehead atoms. The smallest absolute Gasteiger partial charge is 0.387 e. The van der Waals surface area contributed by atoms with E-state index in [1.165, 1.54) is 6.07 Å². The number of para-hydroxylation sites is 2. The largest absolute Gasteiger partial charge is 0.433 e. The number of hydrogen-bond acceptors (Lipinski definition) is 4. The normalized spacial score (nSPS) is 22.8. The molecule has 2 fully saturated rings. The summed E-state index contributed by atoms with van der Waals surface area (Å²) in [6, 6.07) is 6.54. The van der Waals surface area contributed by atoms with Crippen LogP contribution in [0.1, 0.15) is 32.1 Å². The summed E-state index contributed by atoms with van der Waals surface area (Å²) in [5, 5.41) is 13.2. The lowest BCUT2D eigenvalue weighted by Gasteiger charge is -2.25. The molecule has 1 aliphatic carbocycles. The number of carbonyl (C=O) groups excluding carboxylic acids is 1. The van der Waals surface area contributed by atoms with Crippen LogP contribution in [0.4, 0.5) is 14.5 Å². The number of ether oxygens (including phenoxy) is 1. The van der Waals surface area contributed by atoms with E-state index in [1.54, 1.807) is 18.2 Å². The Labute approximate surface area is 139 Å². The van der Waals surface area contributed by atoms with Crippen LogP contribution < -0.4 is 15.0 Å². The zero-order valence-corrected chi connectivity index (χ0v) is 13.4. The van der Waals surface area contributed by atoms with Crippen molar-refractivity contribution in [2.24, 2.45) is 0 Å². The molecule has 0 spiro atoms. The van der Waals surface area contributed by atoms with E-state index in [-0.39, 0.29) is 17.7 Å². The van der Waals surface area contributed by atoms with Crippen LogP contribution in [0, 0.1) is 0 Å². The molecule has 0 radical (unpaired) electrons. The van der Waals surface area contributed by atoms with Crippen molar-refractivity contribution in [2.45, 2.75) is 50.4 Å². The average molecular weight is 340 g/mol. The predicted octanol–water partition coefficient (Wildman–Crippen LogP) is 2.29. The third kappa shape index (κ3) is 3.61. The zero-order valence-electron chi connectivity index (χ0n) is 13.4. The highest BCUT2D eigenvalue weighted by molar-refractivity contribution is 5.85. The van der Waals surface area contributed by atoms with Gasteiger partial charge in [-0.3, -0.25) is 4.79 Å². The number of alkyl halides is 2. The molecule has 7 heteroatoms. The van der Waals surface area contributed by atoms with Crippen LogP contribution >= 0.6 is 0 Å². The number of nitrogens with zero attached hydrogens (tertiary/aromatic N) is 1. The minimum Gasteiger partial charge on any atom is -0.433 e. The maximum absolute atomic E-state index is 12.5. The number of hydrogen-bond donors (Lipinski definition) is 2. The van der Waals surface area contributed by atoms with Gasteiger partial charge in [0.05, 0.1) is 5.69 Å². The lowest BCUT2D eigenvalue weighted by molar-refractivity contribution is -0.139. The molecule has 1 aromatic carbocycles. The van der Waals surface area contributed by atoms with E-state index in [0.29, 0.717) is 38.0 Å². The number of amides is 1. The van der Waals surface area contributed by atoms with Crippen molar-refractivity contribution in [3.8, 4) is 5.75 Å². The molecule has 3 rings (SSSR count). The summed E-state index contributed by atoms with van der Waals surface area (Å²) in [6.07, 6.45) is 3.42. The van der Waals surface area contributed by atoms with Gasteiger partial charge >= 0.3 is 6.61 Å². The van der Waals surface area contributed by atoms with E-state index in [4.69, 9.17) is 0 Å². The molecule has 1 unspecified atom stereocenters. The monoisotopic (exact) mass is 340 g/mol. The number of halogens is 2. The number of aliphatic hydroxyl groups is 1. The summed E-state index contributed by atoms with van der Waals surface area (Å²) >= 11 is 0. The van der Waals surface area contributed by atoms with E-state index >= 15 is 0 Å². The summed E-state index contributed by atoms with van der Waals surface area (Å²) in [5.41, 5.74) is -0.654. The summed E-state index contributed by atoms with van der Waals surface area (Å²) in [7, 11) is 0. The van der Waals surface area contributed by atoms with Crippen LogP contribution in [0.15, 0.2) is 24.3 Å². The number of benzene rings is 1. The highest BCUT2D eigenvalue weighted by Crippen LogP contribution is 2.33. The standard InChI is InChI=1S/C17H22F2N2O3/c18-16(19)24-14-6-2-1-5-13(14)21-10-7-12(11-21)20-15(22)17(23)8-3-4-9-17/h1-2,5-6,12,16,23H,3-4,7-11H2,(H,20,22). The van der Waals surface area contributed by atoms with Gasteiger partial charge < -0.3 is 20.1 Å². The fourth-order valence-corrected chi connectivity index (χ4v) is 3.52. The molecular formula is C17H22F2N2O3. The van der Waals surface area contributed by atoms with Gasteiger partial charge in [0.25, 0.3) is 5.91 Å². The zero-order chi connectivity index (χ0) is 17.2. The van der Waals surface area contributed by atoms with Gasteiger partial charge in [-0.15, -0.1) is 0 Å². The second kappa shape index (κ2) is 6.93. The Morgan fingerprint density at radius 1 is 1.33 bits per heavy atom. The molecule has 132 valence electrons. The molecule has 1 saturated heterocycles. The average Bonchev–Trinajstić information content (AvgIpc) is 3.17. The van der Waals surface area contributed by atoms with Gasteiger partial charge in [-0.2, -0.15) is 8.78 Å². The third-order valence-corrected chi connectivity index (χ3v) is 4.80. The van der Waals surface area contributed by atoms with Crippen molar-refractivity contribution >= 4 is 11.6 Å². The fraction of sp³-hybridized carbons (Fsp3) is 0.588. The topological polar surface area (TPSA) is 61.8 Å². The predicted molar refractivity (Wildman–Crippen MR) is 85.3 cm³/mol. The van der Waals surface area contributed by atoms with Crippen molar-refractivity contribution in [1.29, 1.82) is 0 Å². The lowest BCUT2D eigenvalue weighted by Crippen LogP contribution is -2.49. The van der Waals surface area contributed by atoms with Crippen LogP contribution in [0.25, 0.3) is 0 Å². The molecule has 2 N–H and O–H groups in total. The van der Waals surface area contributed by atoms with Crippen molar-refractivity contribution in [1.82, 2.24) is 5.32 Å². The van der Waals surface area contributed by atoms with E-state index < -0.39 is 12.2 Å².